The number of anilines is 1. The van der Waals surface area contributed by atoms with E-state index in [1.807, 2.05) is 6.07 Å². The molecule has 1 aromatic rings. The minimum absolute atomic E-state index is 0.412. The van der Waals surface area contributed by atoms with E-state index in [1.165, 1.54) is 11.4 Å². The molecule has 7 heteroatoms. The van der Waals surface area contributed by atoms with Crippen molar-refractivity contribution in [2.24, 2.45) is 5.73 Å². The van der Waals surface area contributed by atoms with Crippen LogP contribution in [-0.2, 0) is 10.2 Å². The van der Waals surface area contributed by atoms with E-state index in [9.17, 15) is 8.42 Å². The van der Waals surface area contributed by atoms with Crippen LogP contribution in [0.1, 0.15) is 6.42 Å². The van der Waals surface area contributed by atoms with Gasteiger partial charge in [0.15, 0.2) is 0 Å². The zero-order valence-corrected chi connectivity index (χ0v) is 12.5. The van der Waals surface area contributed by atoms with Gasteiger partial charge in [0.05, 0.1) is 5.69 Å². The lowest BCUT2D eigenvalue weighted by Crippen LogP contribution is -2.34. The van der Waals surface area contributed by atoms with Crippen LogP contribution >= 0.6 is 22.6 Å². The van der Waals surface area contributed by atoms with Crippen LogP contribution in [-0.4, -0.2) is 32.9 Å². The van der Waals surface area contributed by atoms with E-state index in [1.54, 1.807) is 18.2 Å². The van der Waals surface area contributed by atoms with Crippen LogP contribution in [0.4, 0.5) is 5.69 Å². The van der Waals surface area contributed by atoms with Crippen molar-refractivity contribution < 1.29 is 8.42 Å². The Morgan fingerprint density at radius 2 is 2.18 bits per heavy atom. The van der Waals surface area contributed by atoms with Crippen LogP contribution in [0, 0.1) is 3.57 Å². The van der Waals surface area contributed by atoms with Crippen LogP contribution < -0.4 is 10.5 Å². The molecule has 0 aromatic heterocycles. The molecule has 5 nitrogen and oxygen atoms in total. The fourth-order valence-electron chi connectivity index (χ4n) is 1.21. The summed E-state index contributed by atoms with van der Waals surface area (Å²) in [5, 5.41) is 0. The van der Waals surface area contributed by atoms with E-state index in [4.69, 9.17) is 5.73 Å². The monoisotopic (exact) mass is 369 g/mol. The molecular formula is C10H16IN3O2S. The molecule has 0 saturated heterocycles. The maximum atomic E-state index is 11.9. The highest BCUT2D eigenvalue weighted by molar-refractivity contribution is 14.1. The zero-order valence-electron chi connectivity index (χ0n) is 9.56. The minimum Gasteiger partial charge on any atom is -0.330 e. The third kappa shape index (κ3) is 4.78. The fraction of sp³-hybridized carbons (Fsp3) is 0.400. The van der Waals surface area contributed by atoms with Crippen LogP contribution in [0.25, 0.3) is 0 Å². The van der Waals surface area contributed by atoms with Gasteiger partial charge in [-0.1, -0.05) is 6.07 Å². The van der Waals surface area contributed by atoms with Crippen molar-refractivity contribution in [2.45, 2.75) is 6.42 Å². The van der Waals surface area contributed by atoms with E-state index in [2.05, 4.69) is 27.3 Å². The van der Waals surface area contributed by atoms with E-state index in [-0.39, 0.29) is 0 Å². The standard InChI is InChI=1S/C10H16IN3O2S/c1-14(7-3-6-12)17(15,16)13-10-5-2-4-9(11)8-10/h2,4-5,8,13H,3,6-7,12H2,1H3. The van der Waals surface area contributed by atoms with Crippen molar-refractivity contribution in [3.05, 3.63) is 27.8 Å². The number of nitrogens with one attached hydrogen (secondary N) is 1. The second kappa shape index (κ2) is 6.53. The molecule has 17 heavy (non-hydrogen) atoms. The summed E-state index contributed by atoms with van der Waals surface area (Å²) < 4.78 is 28.5. The van der Waals surface area contributed by atoms with Gasteiger partial charge in [-0.3, -0.25) is 4.72 Å². The highest BCUT2D eigenvalue weighted by atomic mass is 127. The van der Waals surface area contributed by atoms with Crippen molar-refractivity contribution >= 4 is 38.5 Å². The van der Waals surface area contributed by atoms with E-state index in [0.717, 1.165) is 3.57 Å². The molecule has 96 valence electrons. The second-order valence-electron chi connectivity index (χ2n) is 3.58. The van der Waals surface area contributed by atoms with Gasteiger partial charge in [0, 0.05) is 17.2 Å². The van der Waals surface area contributed by atoms with E-state index in [0.29, 0.717) is 25.2 Å². The Kier molecular flexibility index (Phi) is 5.63. The van der Waals surface area contributed by atoms with Crippen LogP contribution in [0.15, 0.2) is 24.3 Å². The minimum atomic E-state index is -3.48. The average Bonchev–Trinajstić information content (AvgIpc) is 2.25. The molecule has 0 radical (unpaired) electrons. The molecular weight excluding hydrogens is 353 g/mol. The summed E-state index contributed by atoms with van der Waals surface area (Å²) in [5.41, 5.74) is 5.92. The van der Waals surface area contributed by atoms with E-state index < -0.39 is 10.2 Å². The van der Waals surface area contributed by atoms with Crippen molar-refractivity contribution in [3.8, 4) is 0 Å². The lowest BCUT2D eigenvalue weighted by atomic mass is 10.3. The topological polar surface area (TPSA) is 75.4 Å². The number of halogens is 1. The molecule has 1 aromatic carbocycles. The average molecular weight is 369 g/mol. The maximum absolute atomic E-state index is 11.9. The largest absolute Gasteiger partial charge is 0.330 e. The number of hydrogen-bond acceptors (Lipinski definition) is 3. The first-order valence-corrected chi connectivity index (χ1v) is 7.67. The van der Waals surface area contributed by atoms with Crippen molar-refractivity contribution in [3.63, 3.8) is 0 Å². The molecule has 0 aliphatic rings. The third-order valence-corrected chi connectivity index (χ3v) is 4.33. The molecule has 0 amide bonds. The molecule has 0 bridgehead atoms. The summed E-state index contributed by atoms with van der Waals surface area (Å²) in [6.07, 6.45) is 0.643. The first-order chi connectivity index (χ1) is 7.95. The van der Waals surface area contributed by atoms with Gasteiger partial charge in [0.2, 0.25) is 0 Å². The second-order valence-corrected chi connectivity index (χ2v) is 6.60. The van der Waals surface area contributed by atoms with Crippen LogP contribution in [0.5, 0.6) is 0 Å². The molecule has 0 spiro atoms. The van der Waals surface area contributed by atoms with Crippen molar-refractivity contribution in [1.82, 2.24) is 4.31 Å². The van der Waals surface area contributed by atoms with Gasteiger partial charge in [-0.25, -0.2) is 0 Å². The highest BCUT2D eigenvalue weighted by Gasteiger charge is 2.16. The zero-order chi connectivity index (χ0) is 12.9. The quantitative estimate of drug-likeness (QED) is 0.741. The SMILES string of the molecule is CN(CCCN)S(=O)(=O)Nc1cccc(I)c1. The molecule has 0 saturated carbocycles. The van der Waals surface area contributed by atoms with E-state index >= 15 is 0 Å². The van der Waals surface area contributed by atoms with Gasteiger partial charge in [-0.2, -0.15) is 12.7 Å². The Hall–Kier alpha value is -0.380. The molecule has 0 atom stereocenters. The summed E-state index contributed by atoms with van der Waals surface area (Å²) in [7, 11) is -1.94. The van der Waals surface area contributed by atoms with Crippen LogP contribution in [0.3, 0.4) is 0 Å². The maximum Gasteiger partial charge on any atom is 0.301 e. The molecule has 0 unspecified atom stereocenters. The smallest absolute Gasteiger partial charge is 0.301 e. The normalized spacial score (nSPS) is 11.8. The molecule has 0 fully saturated rings. The molecule has 0 aliphatic carbocycles. The number of hydrogen-bond donors (Lipinski definition) is 2. The summed E-state index contributed by atoms with van der Waals surface area (Å²) in [5.74, 6) is 0. The van der Waals surface area contributed by atoms with Gasteiger partial charge >= 0.3 is 10.2 Å². The lowest BCUT2D eigenvalue weighted by molar-refractivity contribution is 0.468. The number of benzene rings is 1. The Morgan fingerprint density at radius 1 is 1.47 bits per heavy atom. The fourth-order valence-corrected chi connectivity index (χ4v) is 2.71. The van der Waals surface area contributed by atoms with Gasteiger partial charge < -0.3 is 5.73 Å². The highest BCUT2D eigenvalue weighted by Crippen LogP contribution is 2.14. The molecule has 3 N–H and O–H groups in total. The number of rotatable bonds is 6. The number of nitrogens with two attached hydrogens (primary N) is 1. The predicted molar refractivity (Wildman–Crippen MR) is 78.0 cm³/mol. The summed E-state index contributed by atoms with van der Waals surface area (Å²) in [6, 6.07) is 7.20. The summed E-state index contributed by atoms with van der Waals surface area (Å²) in [4.78, 5) is 0. The van der Waals surface area contributed by atoms with Crippen LogP contribution in [0.2, 0.25) is 0 Å². The Labute approximate surface area is 116 Å². The Balaban J connectivity index is 2.72. The van der Waals surface area contributed by atoms with Crippen molar-refractivity contribution in [2.75, 3.05) is 24.9 Å². The summed E-state index contributed by atoms with van der Waals surface area (Å²) in [6.45, 7) is 0.888. The first-order valence-electron chi connectivity index (χ1n) is 5.15. The number of nitrogens with zero attached hydrogens (tertiary/aromatic N) is 1. The van der Waals surface area contributed by atoms with Gasteiger partial charge in [0.25, 0.3) is 0 Å². The first kappa shape index (κ1) is 14.7. The third-order valence-electron chi connectivity index (χ3n) is 2.16. The Bertz CT molecular complexity index is 464. The predicted octanol–water partition coefficient (Wildman–Crippen LogP) is 1.23. The Morgan fingerprint density at radius 3 is 2.76 bits per heavy atom. The van der Waals surface area contributed by atoms with Gasteiger partial charge in [0.1, 0.15) is 0 Å². The van der Waals surface area contributed by atoms with Gasteiger partial charge in [-0.15, -0.1) is 0 Å². The van der Waals surface area contributed by atoms with Crippen molar-refractivity contribution in [1.29, 1.82) is 0 Å². The lowest BCUT2D eigenvalue weighted by Gasteiger charge is -2.17. The molecule has 0 aliphatic heterocycles. The van der Waals surface area contributed by atoms with Gasteiger partial charge in [-0.05, 0) is 53.8 Å². The molecule has 0 heterocycles. The summed E-state index contributed by atoms with van der Waals surface area (Å²) >= 11 is 2.13. The molecule has 1 rings (SSSR count).